The molecule has 2 atom stereocenters. The number of carbonyl (C=O) groups is 2. The number of thioether (sulfide) groups is 1. The van der Waals surface area contributed by atoms with Gasteiger partial charge in [-0.15, -0.1) is 23.1 Å². The maximum absolute atomic E-state index is 12.5. The van der Waals surface area contributed by atoms with Crippen LogP contribution in [0.25, 0.3) is 0 Å². The first kappa shape index (κ1) is 19.9. The van der Waals surface area contributed by atoms with E-state index in [4.69, 9.17) is 4.74 Å². The second kappa shape index (κ2) is 9.90. The van der Waals surface area contributed by atoms with Crippen molar-refractivity contribution in [2.75, 3.05) is 6.61 Å². The average Bonchev–Trinajstić information content (AvgIpc) is 3.20. The third-order valence-corrected chi connectivity index (χ3v) is 6.50. The Balaban J connectivity index is 1.52. The first-order valence-corrected chi connectivity index (χ1v) is 11.1. The van der Waals surface area contributed by atoms with Crippen molar-refractivity contribution in [3.63, 3.8) is 0 Å². The lowest BCUT2D eigenvalue weighted by Crippen LogP contribution is -2.42. The summed E-state index contributed by atoms with van der Waals surface area (Å²) in [4.78, 5) is 29.7. The molecule has 1 aliphatic rings. The van der Waals surface area contributed by atoms with Crippen molar-refractivity contribution < 1.29 is 14.3 Å². The Labute approximate surface area is 167 Å². The zero-order valence-corrected chi connectivity index (χ0v) is 17.0. The van der Waals surface area contributed by atoms with Crippen molar-refractivity contribution in [3.05, 3.63) is 46.4 Å². The van der Waals surface area contributed by atoms with E-state index in [-0.39, 0.29) is 18.6 Å². The summed E-state index contributed by atoms with van der Waals surface area (Å²) >= 11 is 3.09. The molecule has 0 bridgehead atoms. The van der Waals surface area contributed by atoms with Gasteiger partial charge in [0, 0.05) is 22.1 Å². The summed E-state index contributed by atoms with van der Waals surface area (Å²) in [5.74, 6) is 0.465. The van der Waals surface area contributed by atoms with E-state index in [1.54, 1.807) is 29.0 Å². The zero-order valence-electron chi connectivity index (χ0n) is 15.3. The van der Waals surface area contributed by atoms with E-state index in [0.29, 0.717) is 17.2 Å². The zero-order chi connectivity index (χ0) is 19.1. The molecule has 27 heavy (non-hydrogen) atoms. The number of aromatic nitrogens is 1. The van der Waals surface area contributed by atoms with E-state index in [1.807, 2.05) is 17.5 Å². The van der Waals surface area contributed by atoms with Gasteiger partial charge in [0.1, 0.15) is 0 Å². The molecule has 1 aromatic heterocycles. The molecule has 2 aromatic rings. The van der Waals surface area contributed by atoms with Crippen LogP contribution >= 0.6 is 23.1 Å². The molecular formula is C20H24N2O3S2. The summed E-state index contributed by atoms with van der Waals surface area (Å²) in [5, 5.41) is 5.00. The summed E-state index contributed by atoms with van der Waals surface area (Å²) in [6, 6.07) is 7.49. The van der Waals surface area contributed by atoms with Crippen LogP contribution in [0, 0.1) is 5.92 Å². The van der Waals surface area contributed by atoms with Gasteiger partial charge in [-0.3, -0.25) is 4.79 Å². The molecule has 3 rings (SSSR count). The number of rotatable bonds is 7. The monoisotopic (exact) mass is 404 g/mol. The van der Waals surface area contributed by atoms with Crippen LogP contribution in [0.15, 0.2) is 40.1 Å². The van der Waals surface area contributed by atoms with Crippen molar-refractivity contribution in [3.8, 4) is 0 Å². The number of ether oxygens (including phenoxy) is 1. The molecule has 5 nitrogen and oxygen atoms in total. The van der Waals surface area contributed by atoms with Crippen molar-refractivity contribution in [1.82, 2.24) is 10.3 Å². The Kier molecular flexibility index (Phi) is 7.29. The third-order valence-electron chi connectivity index (χ3n) is 4.76. The molecule has 0 spiro atoms. The lowest BCUT2D eigenvalue weighted by atomic mass is 9.86. The van der Waals surface area contributed by atoms with Gasteiger partial charge < -0.3 is 10.1 Å². The van der Waals surface area contributed by atoms with Crippen LogP contribution in [0.3, 0.4) is 0 Å². The molecular weight excluding hydrogens is 380 g/mol. The van der Waals surface area contributed by atoms with Crippen LogP contribution in [0.2, 0.25) is 0 Å². The van der Waals surface area contributed by atoms with E-state index in [9.17, 15) is 9.59 Å². The largest absolute Gasteiger partial charge is 0.452 e. The SMILES string of the molecule is C[C@H]1CCCC[C@H]1NC(=O)COC(=O)c1ccccc1SCc1cscn1. The fourth-order valence-corrected chi connectivity index (χ4v) is 4.82. The number of hydrogen-bond acceptors (Lipinski definition) is 6. The number of thiazole rings is 1. The molecule has 144 valence electrons. The number of benzene rings is 1. The van der Waals surface area contributed by atoms with E-state index in [2.05, 4.69) is 17.2 Å². The summed E-state index contributed by atoms with van der Waals surface area (Å²) in [7, 11) is 0. The van der Waals surface area contributed by atoms with Crippen molar-refractivity contribution in [2.24, 2.45) is 5.92 Å². The average molecular weight is 405 g/mol. The second-order valence-electron chi connectivity index (χ2n) is 6.78. The standard InChI is InChI=1S/C20H24N2O3S2/c1-14-6-2-4-8-17(14)22-19(23)10-25-20(24)16-7-3-5-9-18(16)27-12-15-11-26-13-21-15/h3,5,7,9,11,13-14,17H,2,4,6,8,10,12H2,1H3,(H,22,23)/t14-,17+/m0/s1. The van der Waals surface area contributed by atoms with E-state index in [0.717, 1.165) is 29.9 Å². The third kappa shape index (κ3) is 5.81. The lowest BCUT2D eigenvalue weighted by molar-refractivity contribution is -0.125. The number of nitrogens with zero attached hydrogens (tertiary/aromatic N) is 1. The first-order chi connectivity index (χ1) is 13.1. The number of nitrogens with one attached hydrogen (secondary N) is 1. The molecule has 7 heteroatoms. The molecule has 1 amide bonds. The van der Waals surface area contributed by atoms with Gasteiger partial charge >= 0.3 is 5.97 Å². The van der Waals surface area contributed by atoms with Crippen LogP contribution in [0.1, 0.15) is 48.7 Å². The number of esters is 1. The Morgan fingerprint density at radius 1 is 1.30 bits per heavy atom. The highest BCUT2D eigenvalue weighted by molar-refractivity contribution is 7.98. The predicted octanol–water partition coefficient (Wildman–Crippen LogP) is 4.29. The molecule has 1 aliphatic carbocycles. The van der Waals surface area contributed by atoms with Crippen molar-refractivity contribution in [2.45, 2.75) is 49.3 Å². The lowest BCUT2D eigenvalue weighted by Gasteiger charge is -2.29. The minimum atomic E-state index is -0.469. The van der Waals surface area contributed by atoms with Crippen molar-refractivity contribution in [1.29, 1.82) is 0 Å². The summed E-state index contributed by atoms with van der Waals surface area (Å²) in [6.45, 7) is 1.92. The van der Waals surface area contributed by atoms with E-state index >= 15 is 0 Å². The molecule has 1 aromatic carbocycles. The number of amides is 1. The van der Waals surface area contributed by atoms with Crippen LogP contribution in [0.5, 0.6) is 0 Å². The van der Waals surface area contributed by atoms with Crippen LogP contribution in [-0.2, 0) is 15.3 Å². The topological polar surface area (TPSA) is 68.3 Å². The molecule has 0 saturated heterocycles. The van der Waals surface area contributed by atoms with Gasteiger partial charge in [-0.05, 0) is 30.9 Å². The summed E-state index contributed by atoms with van der Waals surface area (Å²) < 4.78 is 5.27. The minimum Gasteiger partial charge on any atom is -0.452 e. The predicted molar refractivity (Wildman–Crippen MR) is 108 cm³/mol. The number of carbonyl (C=O) groups excluding carboxylic acids is 2. The Hall–Kier alpha value is -1.86. The fourth-order valence-electron chi connectivity index (χ4n) is 3.21. The number of hydrogen-bond donors (Lipinski definition) is 1. The molecule has 1 heterocycles. The van der Waals surface area contributed by atoms with Crippen LogP contribution < -0.4 is 5.32 Å². The first-order valence-electron chi connectivity index (χ1n) is 9.19. The van der Waals surface area contributed by atoms with Crippen LogP contribution in [0.4, 0.5) is 0 Å². The summed E-state index contributed by atoms with van der Waals surface area (Å²) in [5.41, 5.74) is 3.26. The molecule has 1 saturated carbocycles. The Morgan fingerprint density at radius 3 is 2.89 bits per heavy atom. The highest BCUT2D eigenvalue weighted by atomic mass is 32.2. The van der Waals surface area contributed by atoms with Gasteiger partial charge in [-0.25, -0.2) is 9.78 Å². The maximum atomic E-state index is 12.5. The molecule has 1 fully saturated rings. The molecule has 0 aliphatic heterocycles. The fraction of sp³-hybridized carbons (Fsp3) is 0.450. The highest BCUT2D eigenvalue weighted by Gasteiger charge is 2.23. The molecule has 0 radical (unpaired) electrons. The van der Waals surface area contributed by atoms with Gasteiger partial charge in [0.25, 0.3) is 5.91 Å². The smallest absolute Gasteiger partial charge is 0.339 e. The van der Waals surface area contributed by atoms with E-state index < -0.39 is 5.97 Å². The van der Waals surface area contributed by atoms with Crippen LogP contribution in [-0.4, -0.2) is 29.5 Å². The second-order valence-corrected chi connectivity index (χ2v) is 8.51. The van der Waals surface area contributed by atoms with E-state index in [1.165, 1.54) is 18.2 Å². The Morgan fingerprint density at radius 2 is 2.11 bits per heavy atom. The van der Waals surface area contributed by atoms with Gasteiger partial charge in [-0.2, -0.15) is 0 Å². The van der Waals surface area contributed by atoms with Gasteiger partial charge in [0.2, 0.25) is 0 Å². The van der Waals surface area contributed by atoms with Gasteiger partial charge in [-0.1, -0.05) is 31.9 Å². The highest BCUT2D eigenvalue weighted by Crippen LogP contribution is 2.27. The normalized spacial score (nSPS) is 19.4. The van der Waals surface area contributed by atoms with Crippen molar-refractivity contribution >= 4 is 35.0 Å². The molecule has 0 unspecified atom stereocenters. The van der Waals surface area contributed by atoms with Gasteiger partial charge in [0.05, 0.1) is 16.8 Å². The quantitative estimate of drug-likeness (QED) is 0.551. The Bertz CT molecular complexity index is 764. The maximum Gasteiger partial charge on any atom is 0.339 e. The minimum absolute atomic E-state index is 0.186. The summed E-state index contributed by atoms with van der Waals surface area (Å²) in [6.07, 6.45) is 4.49. The van der Waals surface area contributed by atoms with Gasteiger partial charge in [0.15, 0.2) is 6.61 Å². The molecule has 1 N–H and O–H groups in total.